The molecule has 1 heterocycles. The number of halogens is 1. The van der Waals surface area contributed by atoms with Gasteiger partial charge in [-0.15, -0.1) is 0 Å². The quantitative estimate of drug-likeness (QED) is 0.531. The van der Waals surface area contributed by atoms with E-state index in [0.717, 1.165) is 22.1 Å². The number of nitrogens with zero attached hydrogens (tertiary/aromatic N) is 1. The third-order valence-corrected chi connectivity index (χ3v) is 4.90. The molecule has 0 amide bonds. The van der Waals surface area contributed by atoms with Crippen molar-refractivity contribution in [3.05, 3.63) is 88.2 Å². The van der Waals surface area contributed by atoms with Gasteiger partial charge in [0.1, 0.15) is 6.61 Å². The predicted octanol–water partition coefficient (Wildman–Crippen LogP) is 5.28. The molecule has 4 nitrogen and oxygen atoms in total. The summed E-state index contributed by atoms with van der Waals surface area (Å²) in [6.07, 6.45) is 3.54. The van der Waals surface area contributed by atoms with Crippen molar-refractivity contribution in [2.24, 2.45) is 0 Å². The molecule has 5 heteroatoms. The third-order valence-electron chi connectivity index (χ3n) is 4.31. The highest BCUT2D eigenvalue weighted by molar-refractivity contribution is 9.10. The zero-order valence-electron chi connectivity index (χ0n) is 15.5. The maximum absolute atomic E-state index is 5.96. The number of rotatable bonds is 8. The summed E-state index contributed by atoms with van der Waals surface area (Å²) in [5, 5.41) is 3.55. The lowest BCUT2D eigenvalue weighted by molar-refractivity contribution is 0.282. The van der Waals surface area contributed by atoms with Gasteiger partial charge >= 0.3 is 0 Å². The number of nitrogens with one attached hydrogen (secondary N) is 1. The Morgan fingerprint density at radius 1 is 1.07 bits per heavy atom. The van der Waals surface area contributed by atoms with Gasteiger partial charge in [-0.25, -0.2) is 0 Å². The van der Waals surface area contributed by atoms with Gasteiger partial charge < -0.3 is 14.8 Å². The normalized spacial score (nSPS) is 11.8. The Labute approximate surface area is 168 Å². The molecule has 0 fully saturated rings. The maximum Gasteiger partial charge on any atom is 0.175 e. The van der Waals surface area contributed by atoms with Crippen molar-refractivity contribution in [1.82, 2.24) is 10.3 Å². The van der Waals surface area contributed by atoms with Crippen LogP contribution in [0.2, 0.25) is 0 Å². The fraction of sp³-hybridized carbons (Fsp3) is 0.227. The van der Waals surface area contributed by atoms with Crippen LogP contribution >= 0.6 is 15.9 Å². The van der Waals surface area contributed by atoms with Crippen LogP contribution in [0.25, 0.3) is 0 Å². The SMILES string of the molecule is COc1cc(CN[C@H](C)c2ccccc2)cc(Br)c1OCc1cccnc1. The summed E-state index contributed by atoms with van der Waals surface area (Å²) in [6.45, 7) is 3.33. The number of methoxy groups -OCH3 is 1. The van der Waals surface area contributed by atoms with Crippen molar-refractivity contribution < 1.29 is 9.47 Å². The maximum atomic E-state index is 5.96. The summed E-state index contributed by atoms with van der Waals surface area (Å²) < 4.78 is 12.4. The van der Waals surface area contributed by atoms with Crippen LogP contribution in [0.15, 0.2) is 71.5 Å². The smallest absolute Gasteiger partial charge is 0.175 e. The van der Waals surface area contributed by atoms with Crippen LogP contribution < -0.4 is 14.8 Å². The van der Waals surface area contributed by atoms with Gasteiger partial charge in [0.2, 0.25) is 0 Å². The average Bonchev–Trinajstić information content (AvgIpc) is 2.72. The van der Waals surface area contributed by atoms with Gasteiger partial charge in [-0.05, 0) is 52.2 Å². The first-order valence-electron chi connectivity index (χ1n) is 8.84. The van der Waals surface area contributed by atoms with E-state index in [4.69, 9.17) is 9.47 Å². The highest BCUT2D eigenvalue weighted by atomic mass is 79.9. The Balaban J connectivity index is 1.68. The molecular weight excluding hydrogens is 404 g/mol. The van der Waals surface area contributed by atoms with Crippen LogP contribution in [0, 0.1) is 0 Å². The summed E-state index contributed by atoms with van der Waals surface area (Å²) in [6, 6.07) is 18.6. The molecule has 0 spiro atoms. The second kappa shape index (κ2) is 9.53. The van der Waals surface area contributed by atoms with Crippen molar-refractivity contribution in [2.45, 2.75) is 26.1 Å². The number of ether oxygens (including phenoxy) is 2. The van der Waals surface area contributed by atoms with E-state index in [9.17, 15) is 0 Å². The van der Waals surface area contributed by atoms with Gasteiger partial charge in [0.05, 0.1) is 11.6 Å². The molecule has 1 aromatic heterocycles. The van der Waals surface area contributed by atoms with E-state index in [1.165, 1.54) is 5.56 Å². The van der Waals surface area contributed by atoms with E-state index in [1.807, 2.05) is 24.3 Å². The van der Waals surface area contributed by atoms with E-state index in [0.29, 0.717) is 18.1 Å². The fourth-order valence-corrected chi connectivity index (χ4v) is 3.39. The highest BCUT2D eigenvalue weighted by Gasteiger charge is 2.13. The van der Waals surface area contributed by atoms with E-state index in [1.54, 1.807) is 19.5 Å². The van der Waals surface area contributed by atoms with Crippen molar-refractivity contribution in [2.75, 3.05) is 7.11 Å². The third kappa shape index (κ3) is 5.31. The first-order valence-corrected chi connectivity index (χ1v) is 9.63. The Morgan fingerprint density at radius 3 is 2.59 bits per heavy atom. The Kier molecular flexibility index (Phi) is 6.85. The summed E-state index contributed by atoms with van der Waals surface area (Å²) in [4.78, 5) is 4.11. The zero-order valence-corrected chi connectivity index (χ0v) is 17.1. The molecule has 1 N–H and O–H groups in total. The number of pyridine rings is 1. The van der Waals surface area contributed by atoms with Crippen LogP contribution in [0.5, 0.6) is 11.5 Å². The minimum absolute atomic E-state index is 0.262. The van der Waals surface area contributed by atoms with Gasteiger partial charge in [-0.2, -0.15) is 0 Å². The second-order valence-electron chi connectivity index (χ2n) is 6.27. The van der Waals surface area contributed by atoms with Crippen LogP contribution in [0.4, 0.5) is 0 Å². The minimum atomic E-state index is 0.262. The molecule has 1 atom stereocenters. The van der Waals surface area contributed by atoms with Gasteiger partial charge in [0, 0.05) is 30.5 Å². The standard InChI is InChI=1S/C22H23BrN2O2/c1-16(19-8-4-3-5-9-19)25-14-18-11-20(23)22(21(12-18)26-2)27-15-17-7-6-10-24-13-17/h3-13,16,25H,14-15H2,1-2H3/t16-/m1/s1. The van der Waals surface area contributed by atoms with Crippen molar-refractivity contribution in [1.29, 1.82) is 0 Å². The molecule has 0 aliphatic rings. The lowest BCUT2D eigenvalue weighted by Crippen LogP contribution is -2.18. The summed E-state index contributed by atoms with van der Waals surface area (Å²) in [5.74, 6) is 1.40. The largest absolute Gasteiger partial charge is 0.493 e. The first kappa shape index (κ1) is 19.4. The minimum Gasteiger partial charge on any atom is -0.493 e. The van der Waals surface area contributed by atoms with Gasteiger partial charge in [-0.3, -0.25) is 4.98 Å². The number of hydrogen-bond acceptors (Lipinski definition) is 4. The average molecular weight is 427 g/mol. The Bertz CT molecular complexity index is 857. The second-order valence-corrected chi connectivity index (χ2v) is 7.13. The molecule has 3 rings (SSSR count). The molecule has 3 aromatic rings. The summed E-state index contributed by atoms with van der Waals surface area (Å²) in [5.41, 5.74) is 3.39. The fourth-order valence-electron chi connectivity index (χ4n) is 2.78. The molecule has 0 saturated carbocycles. The monoisotopic (exact) mass is 426 g/mol. The molecule has 0 aliphatic heterocycles. The van der Waals surface area contributed by atoms with E-state index in [2.05, 4.69) is 63.5 Å². The van der Waals surface area contributed by atoms with Crippen LogP contribution in [0.1, 0.15) is 29.7 Å². The Morgan fingerprint density at radius 2 is 1.89 bits per heavy atom. The number of aromatic nitrogens is 1. The van der Waals surface area contributed by atoms with E-state index >= 15 is 0 Å². The molecule has 140 valence electrons. The molecule has 27 heavy (non-hydrogen) atoms. The molecule has 0 bridgehead atoms. The van der Waals surface area contributed by atoms with Crippen molar-refractivity contribution in [3.8, 4) is 11.5 Å². The van der Waals surface area contributed by atoms with Gasteiger partial charge in [0.25, 0.3) is 0 Å². The van der Waals surface area contributed by atoms with Crippen molar-refractivity contribution in [3.63, 3.8) is 0 Å². The molecule has 0 unspecified atom stereocenters. The lowest BCUT2D eigenvalue weighted by atomic mass is 10.1. The summed E-state index contributed by atoms with van der Waals surface area (Å²) >= 11 is 3.62. The van der Waals surface area contributed by atoms with Crippen LogP contribution in [-0.2, 0) is 13.2 Å². The van der Waals surface area contributed by atoms with Crippen LogP contribution in [-0.4, -0.2) is 12.1 Å². The summed E-state index contributed by atoms with van der Waals surface area (Å²) in [7, 11) is 1.66. The zero-order chi connectivity index (χ0) is 19.1. The molecule has 2 aromatic carbocycles. The predicted molar refractivity (Wildman–Crippen MR) is 111 cm³/mol. The van der Waals surface area contributed by atoms with Gasteiger partial charge in [0.15, 0.2) is 11.5 Å². The van der Waals surface area contributed by atoms with Crippen LogP contribution in [0.3, 0.4) is 0 Å². The van der Waals surface area contributed by atoms with Crippen molar-refractivity contribution >= 4 is 15.9 Å². The molecule has 0 radical (unpaired) electrons. The Hall–Kier alpha value is -2.37. The van der Waals surface area contributed by atoms with E-state index in [-0.39, 0.29) is 6.04 Å². The topological polar surface area (TPSA) is 43.4 Å². The lowest BCUT2D eigenvalue weighted by Gasteiger charge is -2.17. The molecule has 0 saturated heterocycles. The highest BCUT2D eigenvalue weighted by Crippen LogP contribution is 2.37. The molecular formula is C22H23BrN2O2. The number of benzene rings is 2. The van der Waals surface area contributed by atoms with E-state index < -0.39 is 0 Å². The first-order chi connectivity index (χ1) is 13.2. The van der Waals surface area contributed by atoms with Gasteiger partial charge in [-0.1, -0.05) is 36.4 Å². The number of hydrogen-bond donors (Lipinski definition) is 1. The molecule has 0 aliphatic carbocycles.